The van der Waals surface area contributed by atoms with Gasteiger partial charge in [0.05, 0.1) is 38.0 Å². The van der Waals surface area contributed by atoms with Crippen molar-refractivity contribution >= 4 is 60.0 Å². The van der Waals surface area contributed by atoms with E-state index in [1.54, 1.807) is 0 Å². The van der Waals surface area contributed by atoms with Crippen LogP contribution >= 0.6 is 14.2 Å². The lowest BCUT2D eigenvalue weighted by molar-refractivity contribution is -0.0479. The molecule has 0 bridgehead atoms. The zero-order valence-corrected chi connectivity index (χ0v) is 25.0. The number of hydrogen-bond donors (Lipinski definition) is 7. The molecule has 4 aromatic heterocycles. The maximum absolute atomic E-state index is 13.3. The summed E-state index contributed by atoms with van der Waals surface area (Å²) in [4.78, 5) is 46.5. The van der Waals surface area contributed by atoms with Crippen LogP contribution in [0.3, 0.4) is 0 Å². The van der Waals surface area contributed by atoms with Crippen molar-refractivity contribution in [3.05, 3.63) is 25.3 Å². The molecule has 9 N–H and O–H groups in total. The maximum Gasteiger partial charge on any atom is 0.403 e. The Morgan fingerprint density at radius 2 is 1.39 bits per heavy atom. The Hall–Kier alpha value is -2.78. The van der Waals surface area contributed by atoms with Gasteiger partial charge in [0.1, 0.15) is 42.0 Å². The minimum absolute atomic E-state index is 0.110. The van der Waals surface area contributed by atoms with Gasteiger partial charge >= 0.3 is 7.75 Å². The number of imidazole rings is 2. The number of nitrogens with two attached hydrogens (primary N) is 2. The molecule has 3 aliphatic heterocycles. The third kappa shape index (κ3) is 5.17. The van der Waals surface area contributed by atoms with E-state index in [2.05, 4.69) is 35.0 Å². The summed E-state index contributed by atoms with van der Waals surface area (Å²) in [6, 6.07) is -1.23. The van der Waals surface area contributed by atoms with Gasteiger partial charge in [-0.15, -0.1) is 0 Å². The van der Waals surface area contributed by atoms with Gasteiger partial charge in [-0.2, -0.15) is 0 Å². The van der Waals surface area contributed by atoms with Crippen LogP contribution < -0.4 is 16.6 Å². The molecule has 7 rings (SSSR count). The summed E-state index contributed by atoms with van der Waals surface area (Å²) in [5.41, 5.74) is 12.9. The first kappa shape index (κ1) is 29.9. The number of aliphatic hydroxyl groups excluding tert-OH is 2. The fraction of sp³-hybridized carbons (Fsp3) is 0.524. The molecule has 0 aliphatic carbocycles. The molecule has 23 heteroatoms. The monoisotopic (exact) mass is 671 g/mol. The third-order valence-corrected chi connectivity index (χ3v) is 11.2. The molecule has 2 unspecified atom stereocenters. The van der Waals surface area contributed by atoms with Crippen LogP contribution in [-0.2, 0) is 34.9 Å². The highest BCUT2D eigenvalue weighted by Crippen LogP contribution is 2.52. The molecule has 10 atom stereocenters. The highest BCUT2D eigenvalue weighted by molar-refractivity contribution is 8.09. The number of anilines is 2. The average Bonchev–Trinajstić information content (AvgIpc) is 3.73. The Bertz CT molecular complexity index is 1700. The Labute approximate surface area is 252 Å². The van der Waals surface area contributed by atoms with Crippen LogP contribution in [0.5, 0.6) is 0 Å². The molecule has 44 heavy (non-hydrogen) atoms. The summed E-state index contributed by atoms with van der Waals surface area (Å²) >= 11 is 5.45. The van der Waals surface area contributed by atoms with E-state index in [1.807, 2.05) is 0 Å². The molecule has 3 aliphatic rings. The Morgan fingerprint density at radius 1 is 0.841 bits per heavy atom. The number of hydrogen-bond acceptors (Lipinski definition) is 16. The van der Waals surface area contributed by atoms with E-state index in [0.29, 0.717) is 0 Å². The molecule has 4 aromatic rings. The summed E-state index contributed by atoms with van der Waals surface area (Å²) in [5.74, 6) is -0.661. The zero-order chi connectivity index (χ0) is 31.0. The van der Waals surface area contributed by atoms with Crippen molar-refractivity contribution in [2.75, 3.05) is 30.8 Å². The van der Waals surface area contributed by atoms with Gasteiger partial charge in [0.25, 0.3) is 0 Å². The van der Waals surface area contributed by atoms with E-state index >= 15 is 0 Å². The second-order valence-corrected chi connectivity index (χ2v) is 15.7. The molecular weight excluding hydrogens is 644 g/mol. The standard InChI is InChI=1S/C21H27N11O9P2S/c22-16-12-18(26-4-24-16)31(6-28-12)20-14(33)8-3-42(35,44)38-2-10-11(30-43(36,37)39-1-9(8)40-20)15(34)21(41-10)32-7-29-13-17(23)25-5-27-19(13)32/h4-11,14-15,20-21,33-34H,1-3H2,(H,35,44)(H2,22,24,26)(H2,23,25,27)(H2,30,36,37)/t8-,9-,10-,11-,14-,15-,20-,21-,42?/m1/s1. The predicted molar refractivity (Wildman–Crippen MR) is 153 cm³/mol. The number of aliphatic hydroxyl groups is 2. The number of nitrogens with one attached hydrogen (secondary N) is 1. The minimum atomic E-state index is -4.65. The van der Waals surface area contributed by atoms with Crippen LogP contribution in [0, 0.1) is 5.92 Å². The van der Waals surface area contributed by atoms with Crippen molar-refractivity contribution in [2.24, 2.45) is 5.92 Å². The normalized spacial score (nSPS) is 38.3. The molecule has 0 radical (unpaired) electrons. The van der Waals surface area contributed by atoms with Crippen LogP contribution in [-0.4, -0.2) is 109 Å². The van der Waals surface area contributed by atoms with Crippen molar-refractivity contribution in [1.82, 2.24) is 44.1 Å². The lowest BCUT2D eigenvalue weighted by atomic mass is 10.0. The summed E-state index contributed by atoms with van der Waals surface area (Å²) in [6.45, 7) is -4.53. The summed E-state index contributed by atoms with van der Waals surface area (Å²) < 4.78 is 39.4. The molecule has 3 saturated heterocycles. The molecule has 0 aromatic carbocycles. The Morgan fingerprint density at radius 3 is 2.00 bits per heavy atom. The fourth-order valence-corrected chi connectivity index (χ4v) is 8.99. The van der Waals surface area contributed by atoms with Gasteiger partial charge in [-0.3, -0.25) is 13.7 Å². The Balaban J connectivity index is 1.17. The van der Waals surface area contributed by atoms with Gasteiger partial charge in [0, 0.05) is 12.1 Å². The average molecular weight is 672 g/mol. The third-order valence-electron chi connectivity index (χ3n) is 7.83. The second-order valence-electron chi connectivity index (χ2n) is 10.5. The van der Waals surface area contributed by atoms with Gasteiger partial charge in [0.15, 0.2) is 41.9 Å². The van der Waals surface area contributed by atoms with Crippen molar-refractivity contribution in [1.29, 1.82) is 0 Å². The van der Waals surface area contributed by atoms with Gasteiger partial charge in [-0.25, -0.2) is 39.6 Å². The number of nitrogens with zero attached hydrogens (tertiary/aromatic N) is 8. The molecule has 236 valence electrons. The molecule has 0 spiro atoms. The van der Waals surface area contributed by atoms with Gasteiger partial charge in [-0.1, -0.05) is 0 Å². The second kappa shape index (κ2) is 10.9. The first-order valence-corrected chi connectivity index (χ1v) is 17.6. The number of aromatic nitrogens is 8. The lowest BCUT2D eigenvalue weighted by Gasteiger charge is -2.29. The molecule has 7 heterocycles. The molecule has 0 saturated carbocycles. The number of fused-ring (bicyclic) bond motifs is 4. The summed E-state index contributed by atoms with van der Waals surface area (Å²) in [6.07, 6.45) is -2.21. The van der Waals surface area contributed by atoms with Gasteiger partial charge < -0.3 is 45.5 Å². The van der Waals surface area contributed by atoms with Crippen LogP contribution in [0.25, 0.3) is 22.3 Å². The van der Waals surface area contributed by atoms with E-state index < -0.39 is 69.7 Å². The van der Waals surface area contributed by atoms with Gasteiger partial charge in [0.2, 0.25) is 0 Å². The number of rotatable bonds is 2. The first-order chi connectivity index (χ1) is 20.9. The molecule has 0 amide bonds. The smallest absolute Gasteiger partial charge is 0.388 e. The predicted octanol–water partition coefficient (Wildman–Crippen LogP) is -1.63. The van der Waals surface area contributed by atoms with Crippen molar-refractivity contribution < 1.29 is 43.1 Å². The van der Waals surface area contributed by atoms with E-state index in [0.717, 1.165) is 0 Å². The maximum atomic E-state index is 13.3. The quantitative estimate of drug-likeness (QED) is 0.118. The van der Waals surface area contributed by atoms with Gasteiger partial charge in [-0.05, 0) is 11.8 Å². The van der Waals surface area contributed by atoms with E-state index in [9.17, 15) is 24.6 Å². The van der Waals surface area contributed by atoms with Crippen molar-refractivity contribution in [2.45, 2.75) is 42.9 Å². The Kier molecular flexibility index (Phi) is 7.43. The van der Waals surface area contributed by atoms with Crippen molar-refractivity contribution in [3.8, 4) is 0 Å². The van der Waals surface area contributed by atoms with E-state index in [-0.39, 0.29) is 46.7 Å². The molecular formula is C21H27N11O9P2S. The first-order valence-electron chi connectivity index (χ1n) is 13.2. The summed E-state index contributed by atoms with van der Waals surface area (Å²) in [5, 5.41) is 25.1. The van der Waals surface area contributed by atoms with Crippen molar-refractivity contribution in [3.63, 3.8) is 0 Å². The van der Waals surface area contributed by atoms with Crippen LogP contribution in [0.15, 0.2) is 25.3 Å². The van der Waals surface area contributed by atoms with Crippen LogP contribution in [0.2, 0.25) is 0 Å². The SMILES string of the molecule is Nc1ncnc2c1ncn2[C@@H]1O[C@@H]2COP(=O)(O)N[C@H]3[C@@H](O)[C@H](n4cnc5c(N)ncnc54)O[C@@H]3COP(O)(=S)C[C@H]2[C@H]1O. The highest BCUT2D eigenvalue weighted by Gasteiger charge is 2.51. The largest absolute Gasteiger partial charge is 0.403 e. The highest BCUT2D eigenvalue weighted by atomic mass is 32.5. The number of nitrogen functional groups attached to an aromatic ring is 2. The minimum Gasteiger partial charge on any atom is -0.388 e. The van der Waals surface area contributed by atoms with E-state index in [1.165, 1.54) is 34.4 Å². The van der Waals surface area contributed by atoms with Crippen LogP contribution in [0.1, 0.15) is 12.5 Å². The van der Waals surface area contributed by atoms with E-state index in [4.69, 9.17) is 41.8 Å². The zero-order valence-electron chi connectivity index (χ0n) is 22.4. The number of ether oxygens (including phenoxy) is 2. The lowest BCUT2D eigenvalue weighted by Crippen LogP contribution is -2.45. The topological polar surface area (TPSA) is 286 Å². The van der Waals surface area contributed by atoms with Crippen LogP contribution in [0.4, 0.5) is 11.6 Å². The fourth-order valence-electron chi connectivity index (χ4n) is 5.71. The molecule has 20 nitrogen and oxygen atoms in total. The molecule has 3 fully saturated rings. The summed E-state index contributed by atoms with van der Waals surface area (Å²) in [7, 11) is -4.65.